The number of nitrogens with zero attached hydrogens (tertiary/aromatic N) is 3. The van der Waals surface area contributed by atoms with Gasteiger partial charge >= 0.3 is 0 Å². The minimum Gasteiger partial charge on any atom is -0.308 e. The molecule has 0 radical (unpaired) electrons. The Labute approximate surface area is 156 Å². The van der Waals surface area contributed by atoms with Crippen molar-refractivity contribution in [1.82, 2.24) is 14.0 Å². The van der Waals surface area contributed by atoms with Gasteiger partial charge in [0.2, 0.25) is 5.78 Å². The third kappa shape index (κ3) is 2.82. The number of hydrogen-bond acceptors (Lipinski definition) is 2. The predicted molar refractivity (Wildman–Crippen MR) is 105 cm³/mol. The maximum absolute atomic E-state index is 12.5. The summed E-state index contributed by atoms with van der Waals surface area (Å²) in [5.74, 6) is 0.635. The number of fused-ring (bicyclic) bond motifs is 1. The molecule has 130 valence electrons. The highest BCUT2D eigenvalue weighted by atomic mass is 35.5. The number of imidazole rings is 1. The molecule has 2 aromatic heterocycles. The molecule has 2 aromatic carbocycles. The summed E-state index contributed by atoms with van der Waals surface area (Å²) in [6.07, 6.45) is 1.79. The van der Waals surface area contributed by atoms with Gasteiger partial charge in [0.15, 0.2) is 0 Å². The third-order valence-corrected chi connectivity index (χ3v) is 4.91. The summed E-state index contributed by atoms with van der Waals surface area (Å²) < 4.78 is 3.70. The van der Waals surface area contributed by atoms with E-state index in [-0.39, 0.29) is 11.6 Å². The first-order valence-electron chi connectivity index (χ1n) is 8.47. The molecular weight excluding hydrogens is 346 g/mol. The molecule has 0 aliphatic carbocycles. The number of aromatic nitrogens is 3. The van der Waals surface area contributed by atoms with Gasteiger partial charge in [0, 0.05) is 28.5 Å². The monoisotopic (exact) mass is 363 g/mol. The van der Waals surface area contributed by atoms with Crippen LogP contribution in [0.25, 0.3) is 17.0 Å². The van der Waals surface area contributed by atoms with E-state index in [1.165, 1.54) is 0 Å². The fourth-order valence-electron chi connectivity index (χ4n) is 3.30. The average Bonchev–Trinajstić information content (AvgIpc) is 3.08. The van der Waals surface area contributed by atoms with Crippen LogP contribution in [0.4, 0.5) is 0 Å². The van der Waals surface area contributed by atoms with Gasteiger partial charge in [-0.2, -0.15) is 0 Å². The molecule has 0 aliphatic rings. The van der Waals surface area contributed by atoms with Crippen LogP contribution < -0.4 is 5.56 Å². The van der Waals surface area contributed by atoms with Crippen LogP contribution in [0.2, 0.25) is 5.02 Å². The molecule has 4 nitrogen and oxygen atoms in total. The second-order valence-corrected chi connectivity index (χ2v) is 6.82. The second-order valence-electron chi connectivity index (χ2n) is 6.38. The number of rotatable bonds is 3. The zero-order valence-electron chi connectivity index (χ0n) is 14.6. The van der Waals surface area contributed by atoms with Gasteiger partial charge in [-0.15, -0.1) is 0 Å². The number of hydrogen-bond donors (Lipinski definition) is 0. The molecule has 0 saturated carbocycles. The first-order valence-corrected chi connectivity index (χ1v) is 8.84. The van der Waals surface area contributed by atoms with Gasteiger partial charge in [-0.1, -0.05) is 54.1 Å². The molecule has 0 amide bonds. The fourth-order valence-corrected chi connectivity index (χ4v) is 3.42. The Balaban J connectivity index is 1.93. The first kappa shape index (κ1) is 16.6. The van der Waals surface area contributed by atoms with Crippen LogP contribution in [-0.2, 0) is 0 Å². The highest BCUT2D eigenvalue weighted by molar-refractivity contribution is 6.30. The molecule has 1 unspecified atom stereocenters. The molecule has 0 saturated heterocycles. The van der Waals surface area contributed by atoms with Crippen LogP contribution in [0.1, 0.15) is 24.2 Å². The lowest BCUT2D eigenvalue weighted by Crippen LogP contribution is -2.21. The van der Waals surface area contributed by atoms with Gasteiger partial charge < -0.3 is 4.57 Å². The second kappa shape index (κ2) is 6.46. The average molecular weight is 364 g/mol. The zero-order chi connectivity index (χ0) is 18.3. The van der Waals surface area contributed by atoms with Crippen molar-refractivity contribution in [3.05, 3.63) is 93.5 Å². The quantitative estimate of drug-likeness (QED) is 0.527. The Bertz CT molecular complexity index is 1130. The number of benzene rings is 2. The maximum Gasteiger partial charge on any atom is 0.259 e. The molecule has 5 heteroatoms. The highest BCUT2D eigenvalue weighted by Crippen LogP contribution is 2.25. The fraction of sp³-hybridized carbons (Fsp3) is 0.143. The Morgan fingerprint density at radius 1 is 1.04 bits per heavy atom. The van der Waals surface area contributed by atoms with Gasteiger partial charge in [-0.25, -0.2) is 4.98 Å². The van der Waals surface area contributed by atoms with E-state index in [0.717, 1.165) is 22.5 Å². The van der Waals surface area contributed by atoms with Crippen LogP contribution in [0, 0.1) is 6.92 Å². The summed E-state index contributed by atoms with van der Waals surface area (Å²) in [7, 11) is 0. The molecule has 0 N–H and O–H groups in total. The van der Waals surface area contributed by atoms with Crippen molar-refractivity contribution in [2.24, 2.45) is 0 Å². The lowest BCUT2D eigenvalue weighted by atomic mass is 10.1. The van der Waals surface area contributed by atoms with Crippen LogP contribution in [0.15, 0.2) is 71.7 Å². The minimum atomic E-state index is -0.0817. The van der Waals surface area contributed by atoms with Crippen LogP contribution >= 0.6 is 11.6 Å². The van der Waals surface area contributed by atoms with Crippen molar-refractivity contribution in [2.45, 2.75) is 19.9 Å². The Morgan fingerprint density at radius 2 is 1.73 bits per heavy atom. The standard InChI is InChI=1S/C21H18ClN3O/c1-14-12-20(26)24-13-19(17-8-10-18(22)11-9-17)23-21(24)25(14)15(2)16-6-4-3-5-7-16/h3-13,15H,1-2H3. The van der Waals surface area contributed by atoms with Crippen molar-refractivity contribution in [3.63, 3.8) is 0 Å². The van der Waals surface area contributed by atoms with Gasteiger partial charge in [-0.05, 0) is 31.5 Å². The van der Waals surface area contributed by atoms with E-state index in [0.29, 0.717) is 10.8 Å². The topological polar surface area (TPSA) is 39.3 Å². The van der Waals surface area contributed by atoms with Crippen molar-refractivity contribution in [2.75, 3.05) is 0 Å². The summed E-state index contributed by atoms with van der Waals surface area (Å²) in [5, 5.41) is 0.672. The minimum absolute atomic E-state index is 0.0553. The van der Waals surface area contributed by atoms with Crippen molar-refractivity contribution >= 4 is 17.4 Å². The van der Waals surface area contributed by atoms with Crippen molar-refractivity contribution in [3.8, 4) is 11.3 Å². The molecule has 1 atom stereocenters. The van der Waals surface area contributed by atoms with Gasteiger partial charge in [0.25, 0.3) is 5.56 Å². The highest BCUT2D eigenvalue weighted by Gasteiger charge is 2.17. The van der Waals surface area contributed by atoms with Crippen molar-refractivity contribution < 1.29 is 0 Å². The molecule has 4 rings (SSSR count). The van der Waals surface area contributed by atoms with Crippen LogP contribution in [0.5, 0.6) is 0 Å². The van der Waals surface area contributed by atoms with Crippen LogP contribution in [-0.4, -0.2) is 14.0 Å². The molecular formula is C21H18ClN3O. The SMILES string of the molecule is Cc1cc(=O)n2cc(-c3ccc(Cl)cc3)nc2n1C(C)c1ccccc1. The lowest BCUT2D eigenvalue weighted by Gasteiger charge is -2.20. The largest absolute Gasteiger partial charge is 0.308 e. The molecule has 0 spiro atoms. The first-order chi connectivity index (χ1) is 12.5. The summed E-state index contributed by atoms with van der Waals surface area (Å²) >= 11 is 5.98. The summed E-state index contributed by atoms with van der Waals surface area (Å²) in [5.41, 5.74) is 3.64. The van der Waals surface area contributed by atoms with Crippen molar-refractivity contribution in [1.29, 1.82) is 0 Å². The van der Waals surface area contributed by atoms with Gasteiger partial charge in [-0.3, -0.25) is 9.20 Å². The molecule has 2 heterocycles. The van der Waals surface area contributed by atoms with E-state index in [1.807, 2.05) is 49.4 Å². The lowest BCUT2D eigenvalue weighted by molar-refractivity contribution is 0.618. The number of halogens is 1. The smallest absolute Gasteiger partial charge is 0.259 e. The molecule has 0 fully saturated rings. The van der Waals surface area contributed by atoms with E-state index >= 15 is 0 Å². The van der Waals surface area contributed by atoms with E-state index in [2.05, 4.69) is 23.6 Å². The maximum atomic E-state index is 12.5. The van der Waals surface area contributed by atoms with E-state index in [9.17, 15) is 4.79 Å². The van der Waals surface area contributed by atoms with Gasteiger partial charge in [0.05, 0.1) is 11.7 Å². The van der Waals surface area contributed by atoms with E-state index in [1.54, 1.807) is 16.7 Å². The Kier molecular flexibility index (Phi) is 4.13. The molecule has 0 aliphatic heterocycles. The third-order valence-electron chi connectivity index (χ3n) is 4.66. The summed E-state index contributed by atoms with van der Waals surface area (Å²) in [6.45, 7) is 4.06. The zero-order valence-corrected chi connectivity index (χ0v) is 15.3. The number of aryl methyl sites for hydroxylation is 1. The van der Waals surface area contributed by atoms with E-state index in [4.69, 9.17) is 16.6 Å². The molecule has 0 bridgehead atoms. The van der Waals surface area contributed by atoms with Crippen LogP contribution in [0.3, 0.4) is 0 Å². The van der Waals surface area contributed by atoms with Gasteiger partial charge in [0.1, 0.15) is 0 Å². The predicted octanol–water partition coefficient (Wildman–Crippen LogP) is 4.73. The summed E-state index contributed by atoms with van der Waals surface area (Å²) in [6, 6.07) is 19.4. The molecule has 26 heavy (non-hydrogen) atoms. The Morgan fingerprint density at radius 3 is 2.42 bits per heavy atom. The molecule has 4 aromatic rings. The Hall–Kier alpha value is -2.85. The normalized spacial score (nSPS) is 12.4. The van der Waals surface area contributed by atoms with E-state index < -0.39 is 0 Å². The summed E-state index contributed by atoms with van der Waals surface area (Å²) in [4.78, 5) is 17.3.